The zero-order valence-electron chi connectivity index (χ0n) is 25.4. The number of benzene rings is 2. The Labute approximate surface area is 269 Å². The molecule has 0 spiro atoms. The Balaban J connectivity index is 1.14. The summed E-state index contributed by atoms with van der Waals surface area (Å²) in [5.41, 5.74) is 3.58. The second-order valence-electron chi connectivity index (χ2n) is 11.2. The van der Waals surface area contributed by atoms with Crippen molar-refractivity contribution >= 4 is 46.8 Å². The van der Waals surface area contributed by atoms with Crippen molar-refractivity contribution in [1.82, 2.24) is 29.5 Å². The predicted molar refractivity (Wildman–Crippen MR) is 173 cm³/mol. The highest BCUT2D eigenvalue weighted by Gasteiger charge is 2.33. The van der Waals surface area contributed by atoms with Gasteiger partial charge in [0, 0.05) is 75.2 Å². The van der Waals surface area contributed by atoms with Crippen molar-refractivity contribution in [2.24, 2.45) is 4.99 Å². The van der Waals surface area contributed by atoms with Crippen LogP contribution < -0.4 is 15.4 Å². The molecule has 46 heavy (non-hydrogen) atoms. The van der Waals surface area contributed by atoms with Crippen molar-refractivity contribution in [3.8, 4) is 17.0 Å². The molecule has 2 atom stereocenters. The van der Waals surface area contributed by atoms with Crippen molar-refractivity contribution in [2.45, 2.75) is 25.5 Å². The van der Waals surface area contributed by atoms with Crippen LogP contribution in [0.2, 0.25) is 5.02 Å². The molecule has 2 amide bonds. The molecule has 0 aliphatic carbocycles. The van der Waals surface area contributed by atoms with E-state index >= 15 is 4.39 Å². The van der Waals surface area contributed by atoms with Gasteiger partial charge in [0.05, 0.1) is 29.1 Å². The lowest BCUT2D eigenvalue weighted by Crippen LogP contribution is -2.54. The molecule has 6 rings (SSSR count). The summed E-state index contributed by atoms with van der Waals surface area (Å²) in [7, 11) is 1.61. The smallest absolute Gasteiger partial charge is 0.254 e. The standard InChI is InChI=1S/C32H34ClFN8O4/c1-19-15-20(3-4-22(19)31(44)40-10-12-41(13-11-40)32(45)24-16-21(43)17-37-24)39-29-30-38-18-25(42(30)9-7-36-29)23-5-6-26(28(34)27(23)33)46-14-8-35-2/h3-9,15,18,21,24,37,43H,10-14,16-17H2,1-2H3,(H,36,39)/b35-8+/t21-,24+/m1/s1. The van der Waals surface area contributed by atoms with Gasteiger partial charge in [-0.2, -0.15) is 0 Å². The number of carbonyl (C=O) groups excluding carboxylic acids is 2. The molecule has 240 valence electrons. The molecule has 4 aromatic rings. The molecule has 2 fully saturated rings. The van der Waals surface area contributed by atoms with Gasteiger partial charge in [0.2, 0.25) is 5.91 Å². The zero-order valence-corrected chi connectivity index (χ0v) is 26.2. The van der Waals surface area contributed by atoms with Crippen LogP contribution >= 0.6 is 11.6 Å². The zero-order chi connectivity index (χ0) is 32.4. The molecule has 0 unspecified atom stereocenters. The minimum atomic E-state index is -0.673. The van der Waals surface area contributed by atoms with Gasteiger partial charge in [-0.1, -0.05) is 11.6 Å². The van der Waals surface area contributed by atoms with E-state index in [1.54, 1.807) is 58.0 Å². The summed E-state index contributed by atoms with van der Waals surface area (Å²) in [4.78, 5) is 42.5. The number of carbonyl (C=O) groups is 2. The first-order valence-electron chi connectivity index (χ1n) is 15.0. The number of imidazole rings is 1. The van der Waals surface area contributed by atoms with Crippen molar-refractivity contribution in [3.05, 3.63) is 70.9 Å². The number of aliphatic imine (C=N–C) groups is 1. The number of aliphatic hydroxyl groups is 1. The Morgan fingerprint density at radius 3 is 2.70 bits per heavy atom. The van der Waals surface area contributed by atoms with Crippen LogP contribution in [0.25, 0.3) is 16.9 Å². The maximum absolute atomic E-state index is 15.0. The summed E-state index contributed by atoms with van der Waals surface area (Å²) >= 11 is 6.42. The van der Waals surface area contributed by atoms with Crippen molar-refractivity contribution in [2.75, 3.05) is 51.7 Å². The average Bonchev–Trinajstić information content (AvgIpc) is 3.70. The molecule has 2 aromatic heterocycles. The van der Waals surface area contributed by atoms with Gasteiger partial charge >= 0.3 is 0 Å². The Morgan fingerprint density at radius 2 is 1.98 bits per heavy atom. The molecule has 2 aromatic carbocycles. The summed E-state index contributed by atoms with van der Waals surface area (Å²) < 4.78 is 22.2. The Morgan fingerprint density at radius 1 is 1.20 bits per heavy atom. The molecule has 12 nitrogen and oxygen atoms in total. The number of aliphatic hydroxyl groups excluding tert-OH is 1. The number of fused-ring (bicyclic) bond motifs is 1. The van der Waals surface area contributed by atoms with E-state index in [2.05, 4.69) is 25.6 Å². The third-order valence-electron chi connectivity index (χ3n) is 8.25. The number of aryl methyl sites for hydroxylation is 1. The fourth-order valence-corrected chi connectivity index (χ4v) is 6.05. The van der Waals surface area contributed by atoms with Crippen LogP contribution in [0, 0.1) is 12.7 Å². The third kappa shape index (κ3) is 6.26. The first-order chi connectivity index (χ1) is 22.2. The van der Waals surface area contributed by atoms with Gasteiger partial charge in [-0.3, -0.25) is 19.0 Å². The molecule has 0 bridgehead atoms. The van der Waals surface area contributed by atoms with Gasteiger partial charge in [-0.05, 0) is 49.2 Å². The van der Waals surface area contributed by atoms with Gasteiger partial charge < -0.3 is 30.3 Å². The lowest BCUT2D eigenvalue weighted by atomic mass is 10.1. The number of hydrogen-bond acceptors (Lipinski definition) is 9. The molecule has 3 N–H and O–H groups in total. The number of anilines is 2. The SMILES string of the molecule is C/N=C/COc1ccc(-c2cnc3c(Nc4ccc(C(=O)N5CCN(C(=O)[C@@H]6C[C@@H](O)CN6)CC5)c(C)c4)nccn23)c(Cl)c1F. The van der Waals surface area contributed by atoms with Gasteiger partial charge in [-0.15, -0.1) is 0 Å². The highest BCUT2D eigenvalue weighted by atomic mass is 35.5. The topological polar surface area (TPSA) is 137 Å². The predicted octanol–water partition coefficient (Wildman–Crippen LogP) is 3.33. The molecule has 2 aliphatic rings. The quantitative estimate of drug-likeness (QED) is 0.248. The molecule has 2 saturated heterocycles. The largest absolute Gasteiger partial charge is 0.485 e. The molecule has 0 saturated carbocycles. The van der Waals surface area contributed by atoms with E-state index in [-0.39, 0.29) is 35.2 Å². The Bertz CT molecular complexity index is 1810. The number of nitrogens with zero attached hydrogens (tertiary/aromatic N) is 6. The van der Waals surface area contributed by atoms with E-state index < -0.39 is 11.9 Å². The molecular weight excluding hydrogens is 615 g/mol. The molecule has 0 radical (unpaired) electrons. The highest BCUT2D eigenvalue weighted by molar-refractivity contribution is 6.33. The molecular formula is C32H34ClFN8O4. The van der Waals surface area contributed by atoms with E-state index in [1.165, 1.54) is 12.3 Å². The number of halogens is 2. The number of ether oxygens (including phenoxy) is 1. The van der Waals surface area contributed by atoms with E-state index in [4.69, 9.17) is 16.3 Å². The Hall–Kier alpha value is -4.59. The lowest BCUT2D eigenvalue weighted by molar-refractivity contribution is -0.134. The molecule has 14 heteroatoms. The normalized spacial score (nSPS) is 18.5. The van der Waals surface area contributed by atoms with Crippen LogP contribution in [-0.4, -0.2) is 106 Å². The number of aromatic nitrogens is 3. The first kappa shape index (κ1) is 31.4. The fraction of sp³-hybridized carbons (Fsp3) is 0.344. The number of rotatable bonds is 8. The fourth-order valence-electron chi connectivity index (χ4n) is 5.79. The van der Waals surface area contributed by atoms with Crippen LogP contribution in [0.4, 0.5) is 15.9 Å². The van der Waals surface area contributed by atoms with E-state index in [0.717, 1.165) is 5.56 Å². The van der Waals surface area contributed by atoms with E-state index in [1.807, 2.05) is 13.0 Å². The summed E-state index contributed by atoms with van der Waals surface area (Å²) in [5, 5.41) is 16.0. The summed E-state index contributed by atoms with van der Waals surface area (Å²) in [6, 6.07) is 8.28. The van der Waals surface area contributed by atoms with E-state index in [9.17, 15) is 14.7 Å². The summed E-state index contributed by atoms with van der Waals surface area (Å²) in [5.74, 6) is -0.302. The van der Waals surface area contributed by atoms with Crippen molar-refractivity contribution in [1.29, 1.82) is 0 Å². The lowest BCUT2D eigenvalue weighted by Gasteiger charge is -2.36. The summed E-state index contributed by atoms with van der Waals surface area (Å²) in [6.07, 6.45) is 6.35. The number of amides is 2. The van der Waals surface area contributed by atoms with Gasteiger partial charge in [0.1, 0.15) is 6.61 Å². The first-order valence-corrected chi connectivity index (χ1v) is 15.3. The molecule has 2 aliphatic heterocycles. The van der Waals surface area contributed by atoms with Crippen LogP contribution in [0.15, 0.2) is 53.9 Å². The van der Waals surface area contributed by atoms with Crippen LogP contribution in [0.3, 0.4) is 0 Å². The second kappa shape index (κ2) is 13.4. The van der Waals surface area contributed by atoms with E-state index in [0.29, 0.717) is 73.1 Å². The van der Waals surface area contributed by atoms with Crippen LogP contribution in [-0.2, 0) is 4.79 Å². The Kier molecular flexibility index (Phi) is 9.15. The third-order valence-corrected chi connectivity index (χ3v) is 8.62. The van der Waals surface area contributed by atoms with Crippen molar-refractivity contribution in [3.63, 3.8) is 0 Å². The maximum atomic E-state index is 15.0. The number of piperazine rings is 1. The van der Waals surface area contributed by atoms with Crippen LogP contribution in [0.5, 0.6) is 5.75 Å². The van der Waals surface area contributed by atoms with Crippen LogP contribution in [0.1, 0.15) is 22.3 Å². The van der Waals surface area contributed by atoms with Gasteiger partial charge in [0.15, 0.2) is 23.0 Å². The monoisotopic (exact) mass is 648 g/mol. The second-order valence-corrected chi connectivity index (χ2v) is 11.6. The number of β-amino-alcohol motifs (C(OH)–C–C–N with tert-alkyl or cyclic N) is 1. The molecule has 4 heterocycles. The summed E-state index contributed by atoms with van der Waals surface area (Å²) in [6.45, 7) is 4.18. The average molecular weight is 649 g/mol. The highest BCUT2D eigenvalue weighted by Crippen LogP contribution is 2.36. The minimum absolute atomic E-state index is 0.0274. The number of hydrogen-bond donors (Lipinski definition) is 3. The van der Waals surface area contributed by atoms with Crippen molar-refractivity contribution < 1.29 is 23.8 Å². The minimum Gasteiger partial charge on any atom is -0.485 e. The maximum Gasteiger partial charge on any atom is 0.254 e. The van der Waals surface area contributed by atoms with Gasteiger partial charge in [-0.25, -0.2) is 14.4 Å². The van der Waals surface area contributed by atoms with Gasteiger partial charge in [0.25, 0.3) is 5.91 Å². The number of nitrogens with one attached hydrogen (secondary N) is 2.